The molecule has 6 nitrogen and oxygen atoms in total. The highest BCUT2D eigenvalue weighted by Crippen LogP contribution is 2.40. The summed E-state index contributed by atoms with van der Waals surface area (Å²) in [6, 6.07) is 10.1. The van der Waals surface area contributed by atoms with E-state index in [1.165, 1.54) is 18.2 Å². The lowest BCUT2D eigenvalue weighted by atomic mass is 9.99. The van der Waals surface area contributed by atoms with Gasteiger partial charge in [-0.2, -0.15) is 13.2 Å². The maximum absolute atomic E-state index is 14.1. The van der Waals surface area contributed by atoms with Gasteiger partial charge < -0.3 is 13.9 Å². The van der Waals surface area contributed by atoms with Gasteiger partial charge in [0.15, 0.2) is 0 Å². The predicted octanol–water partition coefficient (Wildman–Crippen LogP) is 7.43. The lowest BCUT2D eigenvalue weighted by Crippen LogP contribution is -2.25. The van der Waals surface area contributed by atoms with Gasteiger partial charge in [0.05, 0.1) is 13.0 Å². The minimum atomic E-state index is -4.67. The van der Waals surface area contributed by atoms with Crippen LogP contribution in [-0.2, 0) is 46.0 Å². The van der Waals surface area contributed by atoms with Crippen LogP contribution in [0.5, 0.6) is 5.75 Å². The van der Waals surface area contributed by atoms with E-state index in [1.807, 2.05) is 20.8 Å². The highest BCUT2D eigenvalue weighted by molar-refractivity contribution is 7.86. The van der Waals surface area contributed by atoms with Gasteiger partial charge in [-0.15, -0.1) is 0 Å². The standard InChI is InChI=1S/C31H31F4NO5S/c1-5-39-28(37)15-21-6-7-22(32)16-27(21)40-17-19-12-24(29-25(13-19)26(18-41-29)31(33,34)35)20-8-10-36-23(14-20)9-11-42(38)30(2,3)4/h6-8,10,12-14,16,18H,5,9,11,15,17H2,1-4H3/t42-/m1/s1. The Morgan fingerprint density at radius 1 is 1.07 bits per heavy atom. The number of carbonyl (C=O) groups excluding carboxylic acids is 1. The van der Waals surface area contributed by atoms with Gasteiger partial charge in [-0.3, -0.25) is 14.0 Å². The van der Waals surface area contributed by atoms with Crippen molar-refractivity contribution in [3.8, 4) is 16.9 Å². The van der Waals surface area contributed by atoms with Gasteiger partial charge >= 0.3 is 12.1 Å². The van der Waals surface area contributed by atoms with Crippen LogP contribution in [0.4, 0.5) is 17.6 Å². The number of hydrogen-bond acceptors (Lipinski definition) is 6. The Morgan fingerprint density at radius 3 is 2.52 bits per heavy atom. The van der Waals surface area contributed by atoms with Crippen LogP contribution >= 0.6 is 0 Å². The third kappa shape index (κ3) is 7.56. The number of aromatic nitrogens is 1. The molecular weight excluding hydrogens is 574 g/mol. The molecule has 0 spiro atoms. The smallest absolute Gasteiger partial charge is 0.420 e. The first-order chi connectivity index (χ1) is 19.8. The molecule has 224 valence electrons. The number of rotatable bonds is 10. The SMILES string of the molecule is CCOC(=O)Cc1ccc(F)cc1OCc1cc(-c2ccnc(CC[S@@](=O)C(C)(C)C)c2)c2occ(C(F)(F)F)c2c1. The molecule has 0 aliphatic heterocycles. The quantitative estimate of drug-likeness (QED) is 0.138. The molecule has 0 bridgehead atoms. The van der Waals surface area contributed by atoms with Crippen LogP contribution in [0.15, 0.2) is 59.3 Å². The Labute approximate surface area is 243 Å². The molecule has 4 rings (SSSR count). The molecule has 11 heteroatoms. The number of ether oxygens (including phenoxy) is 2. The second-order valence-corrected chi connectivity index (χ2v) is 13.0. The largest absolute Gasteiger partial charge is 0.488 e. The summed E-state index contributed by atoms with van der Waals surface area (Å²) in [4.78, 5) is 16.4. The zero-order valence-electron chi connectivity index (χ0n) is 23.6. The monoisotopic (exact) mass is 605 g/mol. The maximum Gasteiger partial charge on any atom is 0.420 e. The van der Waals surface area contributed by atoms with Crippen molar-refractivity contribution in [3.05, 3.63) is 83.1 Å². The van der Waals surface area contributed by atoms with Crippen molar-refractivity contribution >= 4 is 27.7 Å². The van der Waals surface area contributed by atoms with Crippen molar-refractivity contribution in [2.75, 3.05) is 12.4 Å². The fraction of sp³-hybridized carbons (Fsp3) is 0.355. The van der Waals surface area contributed by atoms with E-state index in [4.69, 9.17) is 13.9 Å². The number of hydrogen-bond donors (Lipinski definition) is 0. The molecule has 1 atom stereocenters. The van der Waals surface area contributed by atoms with E-state index in [0.29, 0.717) is 46.4 Å². The average molecular weight is 606 g/mol. The Balaban J connectivity index is 1.71. The van der Waals surface area contributed by atoms with Crippen LogP contribution in [0.2, 0.25) is 0 Å². The molecule has 4 aromatic rings. The third-order valence-corrected chi connectivity index (χ3v) is 8.40. The molecule has 0 unspecified atom stereocenters. The Kier molecular flexibility index (Phi) is 9.40. The average Bonchev–Trinajstić information content (AvgIpc) is 3.36. The van der Waals surface area contributed by atoms with Crippen molar-refractivity contribution in [1.29, 1.82) is 0 Å². The molecule has 0 radical (unpaired) electrons. The third-order valence-electron chi connectivity index (χ3n) is 6.46. The van der Waals surface area contributed by atoms with Crippen LogP contribution < -0.4 is 4.74 Å². The first-order valence-electron chi connectivity index (χ1n) is 13.3. The second-order valence-electron chi connectivity index (χ2n) is 10.6. The molecule has 42 heavy (non-hydrogen) atoms. The van der Waals surface area contributed by atoms with E-state index >= 15 is 0 Å². The molecule has 0 N–H and O–H groups in total. The minimum Gasteiger partial charge on any atom is -0.488 e. The van der Waals surface area contributed by atoms with Gasteiger partial charge in [-0.1, -0.05) is 6.07 Å². The molecule has 2 aromatic heterocycles. The number of aryl methyl sites for hydroxylation is 1. The highest BCUT2D eigenvalue weighted by Gasteiger charge is 2.35. The zero-order chi connectivity index (χ0) is 30.7. The zero-order valence-corrected chi connectivity index (χ0v) is 24.5. The molecule has 0 aliphatic carbocycles. The number of halogens is 4. The van der Waals surface area contributed by atoms with Crippen LogP contribution in [0.3, 0.4) is 0 Å². The van der Waals surface area contributed by atoms with Crippen LogP contribution in [0.25, 0.3) is 22.1 Å². The van der Waals surface area contributed by atoms with E-state index in [2.05, 4.69) is 4.98 Å². The summed E-state index contributed by atoms with van der Waals surface area (Å²) in [7, 11) is -1.11. The van der Waals surface area contributed by atoms with E-state index in [-0.39, 0.29) is 36.4 Å². The van der Waals surface area contributed by atoms with E-state index in [0.717, 1.165) is 6.07 Å². The van der Waals surface area contributed by atoms with Gasteiger partial charge in [0.1, 0.15) is 35.6 Å². The lowest BCUT2D eigenvalue weighted by molar-refractivity contribution is -0.142. The van der Waals surface area contributed by atoms with Gasteiger partial charge in [0, 0.05) is 62.2 Å². The summed E-state index contributed by atoms with van der Waals surface area (Å²) >= 11 is 0. The van der Waals surface area contributed by atoms with Gasteiger partial charge in [-0.05, 0) is 69.2 Å². The lowest BCUT2D eigenvalue weighted by Gasteiger charge is -2.17. The molecule has 0 aliphatic rings. The van der Waals surface area contributed by atoms with E-state index in [1.54, 1.807) is 31.3 Å². The molecule has 0 saturated heterocycles. The topological polar surface area (TPSA) is 78.6 Å². The fourth-order valence-electron chi connectivity index (χ4n) is 4.34. The molecule has 0 amide bonds. The van der Waals surface area contributed by atoms with Crippen molar-refractivity contribution in [2.45, 2.75) is 58.1 Å². The second kappa shape index (κ2) is 12.6. The van der Waals surface area contributed by atoms with Gasteiger partial charge in [0.25, 0.3) is 0 Å². The Hall–Kier alpha value is -3.73. The Bertz CT molecular complexity index is 1610. The molecule has 2 aromatic carbocycles. The number of nitrogens with zero attached hydrogens (tertiary/aromatic N) is 1. The minimum absolute atomic E-state index is 0.0373. The summed E-state index contributed by atoms with van der Waals surface area (Å²) in [6.45, 7) is 7.28. The molecule has 0 fully saturated rings. The number of benzene rings is 2. The fourth-order valence-corrected chi connectivity index (χ4v) is 5.34. The summed E-state index contributed by atoms with van der Waals surface area (Å²) in [5, 5.41) is -0.156. The highest BCUT2D eigenvalue weighted by atomic mass is 32.2. The molecule has 0 saturated carbocycles. The van der Waals surface area contributed by atoms with E-state index in [9.17, 15) is 26.6 Å². The molecular formula is C31H31F4NO5S. The summed E-state index contributed by atoms with van der Waals surface area (Å²) < 4.78 is 84.0. The Morgan fingerprint density at radius 2 is 1.83 bits per heavy atom. The first-order valence-corrected chi connectivity index (χ1v) is 14.6. The van der Waals surface area contributed by atoms with Crippen LogP contribution in [-0.4, -0.2) is 32.3 Å². The number of furan rings is 1. The van der Waals surface area contributed by atoms with E-state index < -0.39 is 39.1 Å². The summed E-state index contributed by atoms with van der Waals surface area (Å²) in [5.74, 6) is -0.666. The van der Waals surface area contributed by atoms with Gasteiger partial charge in [-0.25, -0.2) is 4.39 Å². The number of fused-ring (bicyclic) bond motifs is 1. The van der Waals surface area contributed by atoms with Gasteiger partial charge in [0.2, 0.25) is 0 Å². The van der Waals surface area contributed by atoms with Crippen LogP contribution in [0, 0.1) is 5.82 Å². The van der Waals surface area contributed by atoms with Crippen LogP contribution in [0.1, 0.15) is 50.1 Å². The summed E-state index contributed by atoms with van der Waals surface area (Å²) in [6.07, 6.45) is -2.19. The number of carbonyl (C=O) groups is 1. The van der Waals surface area contributed by atoms with Crippen molar-refractivity contribution in [1.82, 2.24) is 4.98 Å². The number of alkyl halides is 3. The first kappa shape index (κ1) is 31.2. The number of esters is 1. The molecule has 2 heterocycles. The van der Waals surface area contributed by atoms with Crippen molar-refractivity contribution in [2.24, 2.45) is 0 Å². The normalized spacial score (nSPS) is 12.9. The van der Waals surface area contributed by atoms with Crippen molar-refractivity contribution < 1.29 is 40.5 Å². The van der Waals surface area contributed by atoms with Crippen molar-refractivity contribution in [3.63, 3.8) is 0 Å². The number of pyridine rings is 1. The predicted molar refractivity (Wildman–Crippen MR) is 152 cm³/mol. The summed E-state index contributed by atoms with van der Waals surface area (Å²) in [5.41, 5.74) is 1.41. The maximum atomic E-state index is 14.1.